The molecule has 6 heteroatoms. The number of nitrogens with zero attached hydrogens (tertiary/aromatic N) is 2. The number of benzene rings is 1. The SMILES string of the molecule is COc1ccc(-n2cccc2/C=C2/NC(=O)N(C)C2=O)cc1. The summed E-state index contributed by atoms with van der Waals surface area (Å²) in [5.41, 5.74) is 1.99. The van der Waals surface area contributed by atoms with Crippen LogP contribution in [0.3, 0.4) is 0 Å². The Bertz CT molecular complexity index is 759. The number of likely N-dealkylation sites (N-methyl/N-ethyl adjacent to an activating group) is 1. The van der Waals surface area contributed by atoms with Crippen molar-refractivity contribution in [2.75, 3.05) is 14.2 Å². The maximum Gasteiger partial charge on any atom is 0.328 e. The van der Waals surface area contributed by atoms with Crippen LogP contribution in [0.4, 0.5) is 4.79 Å². The zero-order chi connectivity index (χ0) is 15.7. The van der Waals surface area contributed by atoms with Crippen molar-refractivity contribution in [3.05, 3.63) is 54.0 Å². The van der Waals surface area contributed by atoms with E-state index in [-0.39, 0.29) is 11.6 Å². The fourth-order valence-electron chi connectivity index (χ4n) is 2.26. The van der Waals surface area contributed by atoms with Gasteiger partial charge in [0.05, 0.1) is 7.11 Å². The lowest BCUT2D eigenvalue weighted by Crippen LogP contribution is -2.25. The highest BCUT2D eigenvalue weighted by atomic mass is 16.5. The molecule has 0 bridgehead atoms. The van der Waals surface area contributed by atoms with Gasteiger partial charge in [0.15, 0.2) is 0 Å². The van der Waals surface area contributed by atoms with Crippen LogP contribution in [0.15, 0.2) is 48.3 Å². The summed E-state index contributed by atoms with van der Waals surface area (Å²) < 4.78 is 7.06. The van der Waals surface area contributed by atoms with Gasteiger partial charge in [-0.05, 0) is 42.5 Å². The summed E-state index contributed by atoms with van der Waals surface area (Å²) in [4.78, 5) is 24.5. The van der Waals surface area contributed by atoms with E-state index in [4.69, 9.17) is 4.74 Å². The molecule has 0 saturated carbocycles. The Hall–Kier alpha value is -3.02. The Morgan fingerprint density at radius 1 is 1.14 bits per heavy atom. The monoisotopic (exact) mass is 297 g/mol. The molecule has 0 radical (unpaired) electrons. The number of aromatic nitrogens is 1. The van der Waals surface area contributed by atoms with E-state index < -0.39 is 6.03 Å². The minimum atomic E-state index is -0.418. The molecule has 3 rings (SSSR count). The molecule has 22 heavy (non-hydrogen) atoms. The first kappa shape index (κ1) is 13.9. The molecule has 3 amide bonds. The van der Waals surface area contributed by atoms with Gasteiger partial charge in [-0.1, -0.05) is 0 Å². The standard InChI is InChI=1S/C16H15N3O3/c1-18-15(20)14(17-16(18)21)10-12-4-3-9-19(12)11-5-7-13(22-2)8-6-11/h3-10H,1-2H3,(H,17,21)/b14-10+. The number of rotatable bonds is 3. The minimum Gasteiger partial charge on any atom is -0.497 e. The van der Waals surface area contributed by atoms with Crippen molar-refractivity contribution in [2.24, 2.45) is 0 Å². The Morgan fingerprint density at radius 2 is 1.86 bits per heavy atom. The number of carbonyl (C=O) groups is 2. The number of hydrogen-bond donors (Lipinski definition) is 1. The van der Waals surface area contributed by atoms with Crippen LogP contribution in [-0.2, 0) is 4.79 Å². The van der Waals surface area contributed by atoms with E-state index in [1.165, 1.54) is 7.05 Å². The number of urea groups is 1. The summed E-state index contributed by atoms with van der Waals surface area (Å²) in [6.07, 6.45) is 3.55. The van der Waals surface area contributed by atoms with Crippen LogP contribution in [0.25, 0.3) is 11.8 Å². The quantitative estimate of drug-likeness (QED) is 0.696. The van der Waals surface area contributed by atoms with Crippen molar-refractivity contribution >= 4 is 18.0 Å². The fourth-order valence-corrected chi connectivity index (χ4v) is 2.26. The van der Waals surface area contributed by atoms with Crippen LogP contribution in [0.2, 0.25) is 0 Å². The van der Waals surface area contributed by atoms with E-state index in [1.54, 1.807) is 13.2 Å². The summed E-state index contributed by atoms with van der Waals surface area (Å²) in [5.74, 6) is 0.433. The number of amides is 3. The molecule has 0 atom stereocenters. The average Bonchev–Trinajstić information content (AvgIpc) is 3.09. The minimum absolute atomic E-state index is 0.265. The predicted molar refractivity (Wildman–Crippen MR) is 81.6 cm³/mol. The molecular formula is C16H15N3O3. The molecular weight excluding hydrogens is 282 g/mol. The highest BCUT2D eigenvalue weighted by Crippen LogP contribution is 2.20. The van der Waals surface area contributed by atoms with Crippen molar-refractivity contribution in [1.29, 1.82) is 0 Å². The van der Waals surface area contributed by atoms with Gasteiger partial charge in [0.1, 0.15) is 11.4 Å². The van der Waals surface area contributed by atoms with E-state index in [1.807, 2.05) is 47.2 Å². The zero-order valence-corrected chi connectivity index (χ0v) is 12.2. The summed E-state index contributed by atoms with van der Waals surface area (Å²) >= 11 is 0. The third kappa shape index (κ3) is 2.35. The highest BCUT2D eigenvalue weighted by molar-refractivity contribution is 6.13. The Balaban J connectivity index is 1.95. The number of carbonyl (C=O) groups excluding carboxylic acids is 2. The number of imide groups is 1. The molecule has 1 aromatic heterocycles. The normalized spacial score (nSPS) is 16.3. The van der Waals surface area contributed by atoms with Crippen molar-refractivity contribution in [3.63, 3.8) is 0 Å². The van der Waals surface area contributed by atoms with Crippen LogP contribution >= 0.6 is 0 Å². The maximum absolute atomic E-state index is 11.9. The summed E-state index contributed by atoms with van der Waals surface area (Å²) in [6.45, 7) is 0. The molecule has 112 valence electrons. The van der Waals surface area contributed by atoms with Gasteiger partial charge in [0.25, 0.3) is 5.91 Å². The average molecular weight is 297 g/mol. The van der Waals surface area contributed by atoms with Gasteiger partial charge in [0.2, 0.25) is 0 Å². The maximum atomic E-state index is 11.9. The van der Waals surface area contributed by atoms with Crippen molar-refractivity contribution < 1.29 is 14.3 Å². The first-order valence-corrected chi connectivity index (χ1v) is 6.72. The molecule has 1 fully saturated rings. The molecule has 0 aliphatic carbocycles. The molecule has 1 saturated heterocycles. The van der Waals surface area contributed by atoms with Crippen molar-refractivity contribution in [2.45, 2.75) is 0 Å². The molecule has 0 spiro atoms. The number of hydrogen-bond acceptors (Lipinski definition) is 3. The molecule has 2 heterocycles. The third-order valence-electron chi connectivity index (χ3n) is 3.50. The Labute approximate surface area is 127 Å². The van der Waals surface area contributed by atoms with Gasteiger partial charge in [0, 0.05) is 24.6 Å². The molecule has 0 unspecified atom stereocenters. The molecule has 6 nitrogen and oxygen atoms in total. The molecule has 2 aromatic rings. The first-order valence-electron chi connectivity index (χ1n) is 6.72. The lowest BCUT2D eigenvalue weighted by molar-refractivity contribution is -0.121. The first-order chi connectivity index (χ1) is 10.6. The van der Waals surface area contributed by atoms with E-state index >= 15 is 0 Å². The fraction of sp³-hybridized carbons (Fsp3) is 0.125. The molecule has 1 aromatic carbocycles. The highest BCUT2D eigenvalue weighted by Gasteiger charge is 2.30. The summed E-state index contributed by atoms with van der Waals surface area (Å²) in [5, 5.41) is 2.55. The number of ether oxygens (including phenoxy) is 1. The van der Waals surface area contributed by atoms with Crippen LogP contribution < -0.4 is 10.1 Å². The van der Waals surface area contributed by atoms with Crippen molar-refractivity contribution in [3.8, 4) is 11.4 Å². The zero-order valence-electron chi connectivity index (χ0n) is 12.2. The summed E-state index contributed by atoms with van der Waals surface area (Å²) in [7, 11) is 3.06. The van der Waals surface area contributed by atoms with E-state index in [9.17, 15) is 9.59 Å². The Morgan fingerprint density at radius 3 is 2.45 bits per heavy atom. The third-order valence-corrected chi connectivity index (χ3v) is 3.50. The Kier molecular flexibility index (Phi) is 3.42. The van der Waals surface area contributed by atoms with Gasteiger partial charge in [-0.3, -0.25) is 9.69 Å². The van der Waals surface area contributed by atoms with Gasteiger partial charge >= 0.3 is 6.03 Å². The molecule has 1 aliphatic heterocycles. The van der Waals surface area contributed by atoms with Gasteiger partial charge in [-0.25, -0.2) is 4.79 Å². The predicted octanol–water partition coefficient (Wildman–Crippen LogP) is 2.01. The second-order valence-corrected chi connectivity index (χ2v) is 4.85. The smallest absolute Gasteiger partial charge is 0.328 e. The van der Waals surface area contributed by atoms with Crippen LogP contribution in [0, 0.1) is 0 Å². The topological polar surface area (TPSA) is 63.6 Å². The van der Waals surface area contributed by atoms with Crippen molar-refractivity contribution in [1.82, 2.24) is 14.8 Å². The second-order valence-electron chi connectivity index (χ2n) is 4.85. The largest absolute Gasteiger partial charge is 0.497 e. The summed E-state index contributed by atoms with van der Waals surface area (Å²) in [6, 6.07) is 10.9. The number of methoxy groups -OCH3 is 1. The second kappa shape index (κ2) is 5.40. The molecule has 1 N–H and O–H groups in total. The van der Waals surface area contributed by atoms with E-state index in [0.717, 1.165) is 22.0 Å². The lowest BCUT2D eigenvalue weighted by atomic mass is 10.2. The molecule has 1 aliphatic rings. The van der Waals surface area contributed by atoms with E-state index in [0.29, 0.717) is 0 Å². The van der Waals surface area contributed by atoms with Crippen LogP contribution in [0.5, 0.6) is 5.75 Å². The van der Waals surface area contributed by atoms with Crippen LogP contribution in [-0.4, -0.2) is 35.6 Å². The lowest BCUT2D eigenvalue weighted by Gasteiger charge is -2.08. The van der Waals surface area contributed by atoms with Crippen LogP contribution in [0.1, 0.15) is 5.69 Å². The van der Waals surface area contributed by atoms with Gasteiger partial charge in [-0.15, -0.1) is 0 Å². The number of nitrogens with one attached hydrogen (secondary N) is 1. The van der Waals surface area contributed by atoms with Gasteiger partial charge < -0.3 is 14.6 Å². The van der Waals surface area contributed by atoms with Gasteiger partial charge in [-0.2, -0.15) is 0 Å². The van der Waals surface area contributed by atoms with E-state index in [2.05, 4.69) is 5.32 Å².